The van der Waals surface area contributed by atoms with E-state index in [1.54, 1.807) is 6.20 Å². The number of hydrogen-bond donors (Lipinski definition) is 2. The molecule has 2 unspecified atom stereocenters. The maximum Gasteiger partial charge on any atom is 0.236 e. The van der Waals surface area contributed by atoms with Crippen LogP contribution in [0.2, 0.25) is 0 Å². The zero-order valence-electron chi connectivity index (χ0n) is 15.5. The molecule has 8 nitrogen and oxygen atoms in total. The molecule has 2 N–H and O–H groups in total. The van der Waals surface area contributed by atoms with Crippen LogP contribution in [-0.4, -0.2) is 76.5 Å². The van der Waals surface area contributed by atoms with Crippen LogP contribution < -0.4 is 10.6 Å². The summed E-state index contributed by atoms with van der Waals surface area (Å²) in [5, 5.41) is 6.33. The molecular weight excluding hydrogens is 356 g/mol. The van der Waals surface area contributed by atoms with Gasteiger partial charge in [-0.3, -0.25) is 14.5 Å². The third kappa shape index (κ3) is 4.96. The Labute approximate surface area is 160 Å². The molecular formula is C17H29ClN6O2. The first-order valence-electron chi connectivity index (χ1n) is 9.01. The number of hydrogen-bond acceptors (Lipinski definition) is 5. The molecule has 2 fully saturated rings. The van der Waals surface area contributed by atoms with Crippen molar-refractivity contribution in [2.45, 2.75) is 31.8 Å². The molecule has 9 heteroatoms. The number of piperidine rings is 1. The molecule has 3 heterocycles. The highest BCUT2D eigenvalue weighted by Crippen LogP contribution is 2.21. The van der Waals surface area contributed by atoms with Crippen molar-refractivity contribution in [3.8, 4) is 0 Å². The minimum absolute atomic E-state index is 0. The molecule has 1 aromatic heterocycles. The fraction of sp³-hybridized carbons (Fsp3) is 0.706. The number of halogens is 1. The van der Waals surface area contributed by atoms with E-state index in [4.69, 9.17) is 0 Å². The highest BCUT2D eigenvalue weighted by molar-refractivity contribution is 5.85. The predicted octanol–water partition coefficient (Wildman–Crippen LogP) is -0.0847. The van der Waals surface area contributed by atoms with Crippen molar-refractivity contribution < 1.29 is 9.59 Å². The first kappa shape index (κ1) is 20.7. The lowest BCUT2D eigenvalue weighted by Crippen LogP contribution is -2.54. The van der Waals surface area contributed by atoms with Crippen molar-refractivity contribution in [1.82, 2.24) is 30.0 Å². The van der Waals surface area contributed by atoms with Crippen molar-refractivity contribution in [3.05, 3.63) is 18.2 Å². The normalized spacial score (nSPS) is 24.0. The maximum absolute atomic E-state index is 12.8. The molecule has 2 saturated heterocycles. The average Bonchev–Trinajstić information content (AvgIpc) is 3.01. The largest absolute Gasteiger partial charge is 0.352 e. The van der Waals surface area contributed by atoms with Crippen LogP contribution in [0.1, 0.15) is 31.6 Å². The van der Waals surface area contributed by atoms with Crippen molar-refractivity contribution >= 4 is 24.2 Å². The summed E-state index contributed by atoms with van der Waals surface area (Å²) >= 11 is 0. The molecule has 2 aliphatic heterocycles. The van der Waals surface area contributed by atoms with Crippen LogP contribution in [0.15, 0.2) is 12.4 Å². The van der Waals surface area contributed by atoms with Gasteiger partial charge >= 0.3 is 0 Å². The molecule has 0 aliphatic carbocycles. The minimum Gasteiger partial charge on any atom is -0.352 e. The summed E-state index contributed by atoms with van der Waals surface area (Å²) in [4.78, 5) is 32.7. The number of rotatable bonds is 4. The predicted molar refractivity (Wildman–Crippen MR) is 101 cm³/mol. The smallest absolute Gasteiger partial charge is 0.236 e. The lowest BCUT2D eigenvalue weighted by Gasteiger charge is -2.38. The van der Waals surface area contributed by atoms with Crippen molar-refractivity contribution in [1.29, 1.82) is 0 Å². The number of nitrogens with one attached hydrogen (secondary N) is 2. The van der Waals surface area contributed by atoms with Gasteiger partial charge in [0.05, 0.1) is 12.6 Å². The number of piperazine rings is 1. The molecule has 1 aromatic rings. The lowest BCUT2D eigenvalue weighted by molar-refractivity contribution is -0.135. The second kappa shape index (κ2) is 9.34. The summed E-state index contributed by atoms with van der Waals surface area (Å²) < 4.78 is 2.02. The molecule has 0 bridgehead atoms. The summed E-state index contributed by atoms with van der Waals surface area (Å²) in [6.07, 6.45) is 5.60. The summed E-state index contributed by atoms with van der Waals surface area (Å²) in [6, 6.07) is 0.178. The number of imidazole rings is 1. The number of aryl methyl sites for hydroxylation is 1. The van der Waals surface area contributed by atoms with Crippen LogP contribution in [-0.2, 0) is 16.6 Å². The first-order chi connectivity index (χ1) is 12.0. The summed E-state index contributed by atoms with van der Waals surface area (Å²) in [6.45, 7) is 5.80. The van der Waals surface area contributed by atoms with Crippen molar-refractivity contribution in [2.75, 3.05) is 39.3 Å². The van der Waals surface area contributed by atoms with Crippen LogP contribution in [0.3, 0.4) is 0 Å². The van der Waals surface area contributed by atoms with Crippen molar-refractivity contribution in [3.63, 3.8) is 0 Å². The van der Waals surface area contributed by atoms with E-state index in [9.17, 15) is 9.59 Å². The number of carbonyl (C=O) groups is 2. The monoisotopic (exact) mass is 384 g/mol. The lowest BCUT2D eigenvalue weighted by atomic mass is 10.1. The number of likely N-dealkylation sites (tertiary alicyclic amines) is 1. The van der Waals surface area contributed by atoms with Crippen molar-refractivity contribution in [2.24, 2.45) is 7.05 Å². The quantitative estimate of drug-likeness (QED) is 0.758. The molecule has 2 aliphatic rings. The zero-order chi connectivity index (χ0) is 17.8. The van der Waals surface area contributed by atoms with E-state index in [1.807, 2.05) is 22.7 Å². The number of carbonyl (C=O) groups excluding carboxylic acids is 2. The molecule has 2 atom stereocenters. The molecule has 3 rings (SSSR count). The Morgan fingerprint density at radius 3 is 2.88 bits per heavy atom. The van der Waals surface area contributed by atoms with Crippen LogP contribution >= 0.6 is 12.4 Å². The highest BCUT2D eigenvalue weighted by atomic mass is 35.5. The topological polar surface area (TPSA) is 82.5 Å². The van der Waals surface area contributed by atoms with Gasteiger partial charge in [0.1, 0.15) is 5.82 Å². The molecule has 0 radical (unpaired) electrons. The van der Waals surface area contributed by atoms with Gasteiger partial charge in [0, 0.05) is 65.1 Å². The fourth-order valence-corrected chi connectivity index (χ4v) is 3.77. The summed E-state index contributed by atoms with van der Waals surface area (Å²) in [5.41, 5.74) is 0. The van der Waals surface area contributed by atoms with E-state index < -0.39 is 0 Å². The van der Waals surface area contributed by atoms with E-state index in [0.29, 0.717) is 13.1 Å². The van der Waals surface area contributed by atoms with Crippen LogP contribution in [0.25, 0.3) is 0 Å². The van der Waals surface area contributed by atoms with Gasteiger partial charge in [-0.1, -0.05) is 0 Å². The highest BCUT2D eigenvalue weighted by Gasteiger charge is 2.31. The Kier molecular flexibility index (Phi) is 7.43. The fourth-order valence-electron chi connectivity index (χ4n) is 3.77. The van der Waals surface area contributed by atoms with Gasteiger partial charge in [0.15, 0.2) is 0 Å². The Morgan fingerprint density at radius 1 is 1.38 bits per heavy atom. The number of aromatic nitrogens is 2. The van der Waals surface area contributed by atoms with Gasteiger partial charge < -0.3 is 20.1 Å². The maximum atomic E-state index is 12.8. The third-order valence-electron chi connectivity index (χ3n) is 5.03. The van der Waals surface area contributed by atoms with Gasteiger partial charge in [-0.2, -0.15) is 0 Å². The Bertz CT molecular complexity index is 622. The molecule has 0 saturated carbocycles. The van der Waals surface area contributed by atoms with Crippen LogP contribution in [0.5, 0.6) is 0 Å². The van der Waals surface area contributed by atoms with E-state index in [2.05, 4.69) is 20.5 Å². The molecule has 0 aromatic carbocycles. The molecule has 0 spiro atoms. The van der Waals surface area contributed by atoms with Gasteiger partial charge in [0.25, 0.3) is 0 Å². The van der Waals surface area contributed by atoms with E-state index in [0.717, 1.165) is 44.8 Å². The third-order valence-corrected chi connectivity index (χ3v) is 5.03. The summed E-state index contributed by atoms with van der Waals surface area (Å²) in [7, 11) is 1.99. The molecule has 26 heavy (non-hydrogen) atoms. The first-order valence-corrected chi connectivity index (χ1v) is 9.01. The Morgan fingerprint density at radius 2 is 2.19 bits per heavy atom. The Balaban J connectivity index is 0.00000243. The Hall–Kier alpha value is -1.64. The molecule has 2 amide bonds. The zero-order valence-corrected chi connectivity index (χ0v) is 16.3. The van der Waals surface area contributed by atoms with Crippen LogP contribution in [0, 0.1) is 0 Å². The van der Waals surface area contributed by atoms with E-state index in [-0.39, 0.29) is 36.3 Å². The second-order valence-corrected chi connectivity index (χ2v) is 6.97. The standard InChI is InChI=1S/C17H28N6O2.ClH/c1-13(24)20-14-4-3-7-23(11-14)16(25)12-22-9-5-18-10-15(22)17-19-6-8-21(17)2;/h6,8,14-15,18H,3-5,7,9-12H2,1-2H3,(H,20,24);1H. The van der Waals surface area contributed by atoms with Gasteiger partial charge in [-0.25, -0.2) is 4.98 Å². The average molecular weight is 385 g/mol. The summed E-state index contributed by atoms with van der Waals surface area (Å²) in [5.74, 6) is 1.09. The second-order valence-electron chi connectivity index (χ2n) is 6.97. The number of nitrogens with zero attached hydrogens (tertiary/aromatic N) is 4. The van der Waals surface area contributed by atoms with Gasteiger partial charge in [-0.15, -0.1) is 12.4 Å². The van der Waals surface area contributed by atoms with Gasteiger partial charge in [-0.05, 0) is 12.8 Å². The van der Waals surface area contributed by atoms with Gasteiger partial charge in [0.2, 0.25) is 11.8 Å². The number of amides is 2. The van der Waals surface area contributed by atoms with Crippen LogP contribution in [0.4, 0.5) is 0 Å². The van der Waals surface area contributed by atoms with E-state index >= 15 is 0 Å². The molecule has 146 valence electrons. The minimum atomic E-state index is -0.0312. The van der Waals surface area contributed by atoms with E-state index in [1.165, 1.54) is 6.92 Å². The SMILES string of the molecule is CC(=O)NC1CCCN(C(=O)CN2CCNCC2c2nccn2C)C1.Cl.